The van der Waals surface area contributed by atoms with Gasteiger partial charge < -0.3 is 19.2 Å². The van der Waals surface area contributed by atoms with Crippen molar-refractivity contribution in [2.45, 2.75) is 84.2 Å². The van der Waals surface area contributed by atoms with Gasteiger partial charge in [0.15, 0.2) is 8.32 Å². The second kappa shape index (κ2) is 12.0. The number of benzene rings is 2. The standard InChI is InChI=1S/C31H42FNO4Si/c1-21(2)28-27(30(35)36)26(22-11-9-8-10-12-22)29(23-13-15-24(32)16-14-23)33(28)19-17-25(18-20-34)37-38(6,7)31(3,4)5/h8-16,21,25,34H,17-20H2,1-7H3,(H,35,36). The van der Waals surface area contributed by atoms with E-state index in [0.717, 1.165) is 22.5 Å². The van der Waals surface area contributed by atoms with Crippen LogP contribution in [0.5, 0.6) is 0 Å². The Kier molecular flexibility index (Phi) is 9.39. The van der Waals surface area contributed by atoms with Gasteiger partial charge in [0.05, 0.1) is 11.3 Å². The van der Waals surface area contributed by atoms with Crippen LogP contribution in [0.15, 0.2) is 54.6 Å². The Bertz CT molecular complexity index is 1230. The molecule has 0 bridgehead atoms. The quantitative estimate of drug-likeness (QED) is 0.243. The molecule has 2 N–H and O–H groups in total. The van der Waals surface area contributed by atoms with Crippen LogP contribution >= 0.6 is 0 Å². The van der Waals surface area contributed by atoms with Crippen molar-refractivity contribution in [2.24, 2.45) is 0 Å². The van der Waals surface area contributed by atoms with E-state index in [0.29, 0.717) is 24.9 Å². The van der Waals surface area contributed by atoms with Crippen molar-refractivity contribution >= 4 is 14.3 Å². The largest absolute Gasteiger partial charge is 0.478 e. The van der Waals surface area contributed by atoms with Crippen LogP contribution < -0.4 is 0 Å². The number of carboxylic acids is 1. The van der Waals surface area contributed by atoms with Crippen LogP contribution in [0.4, 0.5) is 4.39 Å². The van der Waals surface area contributed by atoms with Crippen LogP contribution in [-0.2, 0) is 11.0 Å². The fraction of sp³-hybridized carbons (Fsp3) is 0.452. The lowest BCUT2D eigenvalue weighted by Gasteiger charge is -2.39. The summed E-state index contributed by atoms with van der Waals surface area (Å²) in [5, 5.41) is 20.3. The molecule has 0 spiro atoms. The first-order valence-electron chi connectivity index (χ1n) is 13.4. The Labute approximate surface area is 227 Å². The van der Waals surface area contributed by atoms with E-state index in [2.05, 4.69) is 38.4 Å². The van der Waals surface area contributed by atoms with E-state index in [4.69, 9.17) is 4.43 Å². The normalized spacial score (nSPS) is 13.2. The summed E-state index contributed by atoms with van der Waals surface area (Å²) in [4.78, 5) is 12.8. The summed E-state index contributed by atoms with van der Waals surface area (Å²) in [6, 6.07) is 15.8. The highest BCUT2D eigenvalue weighted by Crippen LogP contribution is 2.43. The molecule has 3 rings (SSSR count). The molecule has 0 fully saturated rings. The van der Waals surface area contributed by atoms with Crippen LogP contribution in [0.25, 0.3) is 22.4 Å². The van der Waals surface area contributed by atoms with Crippen LogP contribution in [-0.4, -0.2) is 41.8 Å². The lowest BCUT2D eigenvalue weighted by molar-refractivity contribution is 0.0695. The number of rotatable bonds is 11. The van der Waals surface area contributed by atoms with E-state index in [-0.39, 0.29) is 35.0 Å². The second-order valence-corrected chi connectivity index (χ2v) is 16.5. The van der Waals surface area contributed by atoms with Crippen LogP contribution in [0, 0.1) is 5.82 Å². The number of halogens is 1. The monoisotopic (exact) mass is 539 g/mol. The highest BCUT2D eigenvalue weighted by Gasteiger charge is 2.39. The molecule has 5 nitrogen and oxygen atoms in total. The Morgan fingerprint density at radius 1 is 1.00 bits per heavy atom. The van der Waals surface area contributed by atoms with E-state index < -0.39 is 14.3 Å². The molecule has 0 aliphatic carbocycles. The van der Waals surface area contributed by atoms with Crippen molar-refractivity contribution < 1.29 is 23.8 Å². The van der Waals surface area contributed by atoms with Gasteiger partial charge in [-0.2, -0.15) is 0 Å². The number of aliphatic hydroxyl groups excluding tert-OH is 1. The zero-order valence-corrected chi connectivity index (χ0v) is 24.7. The highest BCUT2D eigenvalue weighted by atomic mass is 28.4. The van der Waals surface area contributed by atoms with E-state index in [1.807, 2.05) is 44.2 Å². The third-order valence-electron chi connectivity index (χ3n) is 7.64. The minimum atomic E-state index is -2.10. The Hall–Kier alpha value is -2.74. The minimum absolute atomic E-state index is 0.0163. The number of carbonyl (C=O) groups is 1. The molecule has 0 aliphatic heterocycles. The van der Waals surface area contributed by atoms with Gasteiger partial charge in [0, 0.05) is 30.5 Å². The number of hydrogen-bond acceptors (Lipinski definition) is 3. The maximum Gasteiger partial charge on any atom is 0.338 e. The molecule has 206 valence electrons. The molecular weight excluding hydrogens is 497 g/mol. The van der Waals surface area contributed by atoms with E-state index in [1.165, 1.54) is 12.1 Å². The topological polar surface area (TPSA) is 71.7 Å². The van der Waals surface area contributed by atoms with Crippen LogP contribution in [0.2, 0.25) is 18.1 Å². The molecule has 0 saturated carbocycles. The van der Waals surface area contributed by atoms with Crippen molar-refractivity contribution in [3.8, 4) is 22.4 Å². The van der Waals surface area contributed by atoms with Gasteiger partial charge in [-0.1, -0.05) is 65.0 Å². The fourth-order valence-electron chi connectivity index (χ4n) is 4.75. The lowest BCUT2D eigenvalue weighted by Crippen LogP contribution is -2.44. The van der Waals surface area contributed by atoms with Gasteiger partial charge in [0.1, 0.15) is 5.82 Å². The maximum absolute atomic E-state index is 13.9. The molecule has 1 unspecified atom stereocenters. The first kappa shape index (κ1) is 29.8. The maximum atomic E-state index is 13.9. The van der Waals surface area contributed by atoms with E-state index in [9.17, 15) is 19.4 Å². The summed E-state index contributed by atoms with van der Waals surface area (Å²) < 4.78 is 22.7. The van der Waals surface area contributed by atoms with E-state index >= 15 is 0 Å². The summed E-state index contributed by atoms with van der Waals surface area (Å²) in [5.74, 6) is -1.41. The summed E-state index contributed by atoms with van der Waals surface area (Å²) >= 11 is 0. The molecule has 0 saturated heterocycles. The summed E-state index contributed by atoms with van der Waals surface area (Å²) in [6.07, 6.45) is 0.953. The minimum Gasteiger partial charge on any atom is -0.478 e. The Morgan fingerprint density at radius 2 is 1.61 bits per heavy atom. The predicted molar refractivity (Wildman–Crippen MR) is 155 cm³/mol. The van der Waals surface area contributed by atoms with Gasteiger partial charge in [-0.3, -0.25) is 0 Å². The lowest BCUT2D eigenvalue weighted by atomic mass is 9.95. The van der Waals surface area contributed by atoms with Gasteiger partial charge in [-0.05, 0) is 72.3 Å². The highest BCUT2D eigenvalue weighted by molar-refractivity contribution is 6.74. The SMILES string of the molecule is CC(C)c1c(C(=O)O)c(-c2ccccc2)c(-c2ccc(F)cc2)n1CCC(CCO)O[Si](C)(C)C(C)(C)C. The molecule has 0 aliphatic rings. The first-order chi connectivity index (χ1) is 17.8. The molecule has 3 aromatic rings. The van der Waals surface area contributed by atoms with Gasteiger partial charge in [-0.15, -0.1) is 0 Å². The molecule has 1 aromatic heterocycles. The summed E-state index contributed by atoms with van der Waals surface area (Å²) in [7, 11) is -2.10. The van der Waals surface area contributed by atoms with Crippen molar-refractivity contribution in [2.75, 3.05) is 6.61 Å². The number of aromatic carboxylic acids is 1. The van der Waals surface area contributed by atoms with Crippen LogP contribution in [0.1, 0.15) is 69.4 Å². The molecule has 38 heavy (non-hydrogen) atoms. The molecule has 1 atom stereocenters. The number of hydrogen-bond donors (Lipinski definition) is 2. The van der Waals surface area contributed by atoms with Crippen molar-refractivity contribution in [1.29, 1.82) is 0 Å². The smallest absolute Gasteiger partial charge is 0.338 e. The zero-order chi connectivity index (χ0) is 28.3. The van der Waals surface area contributed by atoms with Gasteiger partial charge in [0.2, 0.25) is 0 Å². The van der Waals surface area contributed by atoms with Gasteiger partial charge in [-0.25, -0.2) is 9.18 Å². The first-order valence-corrected chi connectivity index (χ1v) is 16.3. The Balaban J connectivity index is 2.22. The van der Waals surface area contributed by atoms with Crippen molar-refractivity contribution in [3.63, 3.8) is 0 Å². The molecule has 0 radical (unpaired) electrons. The van der Waals surface area contributed by atoms with Gasteiger partial charge in [0.25, 0.3) is 0 Å². The van der Waals surface area contributed by atoms with Crippen molar-refractivity contribution in [1.82, 2.24) is 4.57 Å². The summed E-state index contributed by atoms with van der Waals surface area (Å²) in [5.41, 5.74) is 3.95. The molecule has 2 aromatic carbocycles. The van der Waals surface area contributed by atoms with Crippen molar-refractivity contribution in [3.05, 3.63) is 71.7 Å². The van der Waals surface area contributed by atoms with Gasteiger partial charge >= 0.3 is 5.97 Å². The Morgan fingerprint density at radius 3 is 2.11 bits per heavy atom. The number of aromatic nitrogens is 1. The number of carboxylic acid groups (broad SMARTS) is 1. The molecule has 7 heteroatoms. The third-order valence-corrected chi connectivity index (χ3v) is 12.2. The molecule has 0 amide bonds. The fourth-order valence-corrected chi connectivity index (χ4v) is 6.18. The number of nitrogens with zero attached hydrogens (tertiary/aromatic N) is 1. The molecule has 1 heterocycles. The third kappa shape index (κ3) is 6.45. The van der Waals surface area contributed by atoms with Crippen LogP contribution in [0.3, 0.4) is 0 Å². The average molecular weight is 540 g/mol. The zero-order valence-electron chi connectivity index (χ0n) is 23.7. The number of aliphatic hydroxyl groups is 1. The molecular formula is C31H42FNO4Si. The van der Waals surface area contributed by atoms with E-state index in [1.54, 1.807) is 12.1 Å². The summed E-state index contributed by atoms with van der Waals surface area (Å²) in [6.45, 7) is 15.5. The second-order valence-electron chi connectivity index (χ2n) is 11.8. The average Bonchev–Trinajstić information content (AvgIpc) is 3.18. The predicted octanol–water partition coefficient (Wildman–Crippen LogP) is 7.95.